The highest BCUT2D eigenvalue weighted by molar-refractivity contribution is 5.94. The number of carbonyl (C=O) groups excluding carboxylic acids is 1. The van der Waals surface area contributed by atoms with Crippen LogP contribution in [0.3, 0.4) is 0 Å². The third kappa shape index (κ3) is 3.32. The van der Waals surface area contributed by atoms with Gasteiger partial charge >= 0.3 is 0 Å². The Hall–Kier alpha value is -3.66. The minimum atomic E-state index is -0.248. The molecule has 1 aliphatic heterocycles. The van der Waals surface area contributed by atoms with Crippen LogP contribution in [0.25, 0.3) is 11.4 Å². The average Bonchev–Trinajstić information content (AvgIpc) is 3.43. The van der Waals surface area contributed by atoms with Crippen LogP contribution in [0.4, 0.5) is 0 Å². The van der Waals surface area contributed by atoms with E-state index in [-0.39, 0.29) is 11.9 Å². The topological polar surface area (TPSA) is 92.3 Å². The van der Waals surface area contributed by atoms with Gasteiger partial charge in [-0.25, -0.2) is 0 Å². The first-order valence-corrected chi connectivity index (χ1v) is 8.99. The molecule has 1 fully saturated rings. The molecule has 2 aromatic carbocycles. The lowest BCUT2D eigenvalue weighted by molar-refractivity contribution is 0.0710. The number of aromatic nitrogens is 2. The van der Waals surface area contributed by atoms with E-state index in [9.17, 15) is 4.79 Å². The smallest absolute Gasteiger partial charge is 0.254 e. The van der Waals surface area contributed by atoms with Crippen LogP contribution in [-0.2, 0) is 0 Å². The molecule has 1 aliphatic rings. The predicted molar refractivity (Wildman–Crippen MR) is 100 cm³/mol. The zero-order chi connectivity index (χ0) is 19.5. The van der Waals surface area contributed by atoms with E-state index in [0.717, 1.165) is 24.2 Å². The Kier molecular flexibility index (Phi) is 4.77. The first-order valence-electron chi connectivity index (χ1n) is 8.99. The molecule has 0 radical (unpaired) electrons. The fourth-order valence-electron chi connectivity index (χ4n) is 3.35. The second-order valence-corrected chi connectivity index (χ2v) is 6.53. The Labute approximate surface area is 162 Å². The zero-order valence-electron chi connectivity index (χ0n) is 15.3. The van der Waals surface area contributed by atoms with Crippen molar-refractivity contribution < 1.29 is 14.1 Å². The molecule has 4 rings (SSSR count). The number of carbonyl (C=O) groups is 1. The number of methoxy groups -OCH3 is 1. The molecule has 140 valence electrons. The highest BCUT2D eigenvalue weighted by Crippen LogP contribution is 2.33. The van der Waals surface area contributed by atoms with Crippen LogP contribution in [0.5, 0.6) is 5.75 Å². The fourth-order valence-corrected chi connectivity index (χ4v) is 3.35. The molecule has 1 aromatic heterocycles. The van der Waals surface area contributed by atoms with Gasteiger partial charge in [-0.2, -0.15) is 10.2 Å². The number of benzene rings is 2. The van der Waals surface area contributed by atoms with Gasteiger partial charge in [0.2, 0.25) is 11.7 Å². The van der Waals surface area contributed by atoms with E-state index in [1.807, 2.05) is 24.3 Å². The number of amides is 1. The quantitative estimate of drug-likeness (QED) is 0.693. The van der Waals surface area contributed by atoms with Crippen molar-refractivity contribution in [2.75, 3.05) is 13.7 Å². The van der Waals surface area contributed by atoms with Crippen molar-refractivity contribution in [1.82, 2.24) is 15.0 Å². The van der Waals surface area contributed by atoms with Gasteiger partial charge < -0.3 is 14.2 Å². The van der Waals surface area contributed by atoms with Gasteiger partial charge in [-0.05, 0) is 61.4 Å². The molecule has 7 heteroatoms. The molecule has 0 bridgehead atoms. The van der Waals surface area contributed by atoms with Crippen molar-refractivity contribution >= 4 is 5.91 Å². The van der Waals surface area contributed by atoms with Crippen LogP contribution in [0, 0.1) is 11.3 Å². The molecule has 1 atom stereocenters. The molecule has 1 unspecified atom stereocenters. The van der Waals surface area contributed by atoms with Gasteiger partial charge in [0.1, 0.15) is 11.8 Å². The largest absolute Gasteiger partial charge is 0.497 e. The summed E-state index contributed by atoms with van der Waals surface area (Å²) >= 11 is 0. The molecule has 1 saturated heterocycles. The minimum Gasteiger partial charge on any atom is -0.497 e. The molecule has 1 amide bonds. The molecule has 0 aliphatic carbocycles. The van der Waals surface area contributed by atoms with Crippen LogP contribution < -0.4 is 4.74 Å². The third-order valence-corrected chi connectivity index (χ3v) is 4.85. The summed E-state index contributed by atoms with van der Waals surface area (Å²) in [5.74, 6) is 1.57. The fraction of sp³-hybridized carbons (Fsp3) is 0.238. The van der Waals surface area contributed by atoms with E-state index in [0.29, 0.717) is 29.4 Å². The summed E-state index contributed by atoms with van der Waals surface area (Å²) in [5, 5.41) is 13.0. The molecule has 0 spiro atoms. The number of likely N-dealkylation sites (tertiary alicyclic amines) is 1. The van der Waals surface area contributed by atoms with E-state index in [4.69, 9.17) is 14.5 Å². The van der Waals surface area contributed by atoms with Gasteiger partial charge in [0.25, 0.3) is 5.91 Å². The number of rotatable bonds is 4. The summed E-state index contributed by atoms with van der Waals surface area (Å²) in [6.45, 7) is 0.629. The van der Waals surface area contributed by atoms with Crippen LogP contribution in [0.2, 0.25) is 0 Å². The van der Waals surface area contributed by atoms with Gasteiger partial charge in [0.15, 0.2) is 0 Å². The second kappa shape index (κ2) is 7.53. The van der Waals surface area contributed by atoms with E-state index >= 15 is 0 Å². The summed E-state index contributed by atoms with van der Waals surface area (Å²) in [5.41, 5.74) is 1.88. The van der Waals surface area contributed by atoms with Crippen molar-refractivity contribution in [1.29, 1.82) is 5.26 Å². The lowest BCUT2D eigenvalue weighted by Crippen LogP contribution is -2.30. The van der Waals surface area contributed by atoms with Crippen molar-refractivity contribution in [3.8, 4) is 23.2 Å². The van der Waals surface area contributed by atoms with Crippen LogP contribution in [0.15, 0.2) is 53.1 Å². The molecule has 0 saturated carbocycles. The Balaban J connectivity index is 1.55. The Morgan fingerprint density at radius 2 is 1.96 bits per heavy atom. The van der Waals surface area contributed by atoms with Crippen LogP contribution >= 0.6 is 0 Å². The molecule has 2 heterocycles. The maximum Gasteiger partial charge on any atom is 0.254 e. The molecule has 7 nitrogen and oxygen atoms in total. The molecular formula is C21H18N4O3. The highest BCUT2D eigenvalue weighted by atomic mass is 16.5. The molecule has 28 heavy (non-hydrogen) atoms. The molecule has 3 aromatic rings. The summed E-state index contributed by atoms with van der Waals surface area (Å²) in [6, 6.07) is 15.8. The van der Waals surface area contributed by atoms with Gasteiger partial charge in [-0.3, -0.25) is 4.79 Å². The zero-order valence-corrected chi connectivity index (χ0v) is 15.3. The van der Waals surface area contributed by atoms with Crippen molar-refractivity contribution in [3.63, 3.8) is 0 Å². The van der Waals surface area contributed by atoms with Crippen LogP contribution in [-0.4, -0.2) is 34.6 Å². The normalized spacial score (nSPS) is 16.0. The summed E-state index contributed by atoms with van der Waals surface area (Å²) in [6.07, 6.45) is 1.64. The lowest BCUT2D eigenvalue weighted by Gasteiger charge is -2.21. The van der Waals surface area contributed by atoms with Gasteiger partial charge in [0.05, 0.1) is 18.7 Å². The van der Waals surface area contributed by atoms with E-state index in [1.165, 1.54) is 0 Å². The predicted octanol–water partition coefficient (Wildman–Crippen LogP) is 3.59. The Morgan fingerprint density at radius 1 is 1.21 bits per heavy atom. The first-order chi connectivity index (χ1) is 13.7. The Bertz CT molecular complexity index is 1020. The van der Waals surface area contributed by atoms with Gasteiger partial charge in [-0.15, -0.1) is 0 Å². The molecular weight excluding hydrogens is 356 g/mol. The number of nitriles is 1. The van der Waals surface area contributed by atoms with E-state index in [2.05, 4.69) is 16.2 Å². The van der Waals surface area contributed by atoms with E-state index in [1.54, 1.807) is 36.3 Å². The van der Waals surface area contributed by atoms with Gasteiger partial charge in [-0.1, -0.05) is 5.16 Å². The third-order valence-electron chi connectivity index (χ3n) is 4.85. The van der Waals surface area contributed by atoms with E-state index < -0.39 is 0 Å². The number of hydrogen-bond donors (Lipinski definition) is 0. The first kappa shape index (κ1) is 17.7. The van der Waals surface area contributed by atoms with Crippen molar-refractivity contribution in [3.05, 3.63) is 65.5 Å². The minimum absolute atomic E-state index is 0.101. The monoisotopic (exact) mass is 374 g/mol. The lowest BCUT2D eigenvalue weighted by atomic mass is 10.1. The summed E-state index contributed by atoms with van der Waals surface area (Å²) < 4.78 is 10.6. The average molecular weight is 374 g/mol. The Morgan fingerprint density at radius 3 is 2.64 bits per heavy atom. The number of ether oxygens (including phenoxy) is 1. The maximum absolute atomic E-state index is 12.9. The SMILES string of the molecule is COc1ccc(-c2noc(C3CCCN3C(=O)c3ccc(C#N)cc3)n2)cc1. The number of nitrogens with zero attached hydrogens (tertiary/aromatic N) is 4. The molecule has 0 N–H and O–H groups in total. The van der Waals surface area contributed by atoms with Crippen molar-refractivity contribution in [2.24, 2.45) is 0 Å². The number of hydrogen-bond acceptors (Lipinski definition) is 6. The maximum atomic E-state index is 12.9. The van der Waals surface area contributed by atoms with Crippen molar-refractivity contribution in [2.45, 2.75) is 18.9 Å². The summed E-state index contributed by atoms with van der Waals surface area (Å²) in [7, 11) is 1.61. The summed E-state index contributed by atoms with van der Waals surface area (Å²) in [4.78, 5) is 19.2. The standard InChI is InChI=1S/C21H18N4O3/c1-27-17-10-8-15(9-11-17)19-23-20(28-24-19)18-3-2-12-25(18)21(26)16-6-4-14(13-22)5-7-16/h4-11,18H,2-3,12H2,1H3. The van der Waals surface area contributed by atoms with Gasteiger partial charge in [0, 0.05) is 17.7 Å². The highest BCUT2D eigenvalue weighted by Gasteiger charge is 2.34. The second-order valence-electron chi connectivity index (χ2n) is 6.53. The van der Waals surface area contributed by atoms with Crippen LogP contribution in [0.1, 0.15) is 40.7 Å².